The Balaban J connectivity index is 1.15. The van der Waals surface area contributed by atoms with Gasteiger partial charge in [0, 0.05) is 25.3 Å². The van der Waals surface area contributed by atoms with Crippen LogP contribution in [0.1, 0.15) is 36.0 Å². The molecule has 0 atom stereocenters. The standard InChI is InChI=1S/C27H34N2O/c1-2-4-22(5-3-1)18-23-10-12-28(13-11-23)21-24-6-7-26-20-27(9-8-25(26)19-24)29-14-16-30-17-15-29/h1-5,8-9,19-20,23H,6-7,10-18,21H2. The van der Waals surface area contributed by atoms with E-state index in [1.54, 1.807) is 5.57 Å². The molecule has 0 spiro atoms. The smallest absolute Gasteiger partial charge is 0.0642 e. The van der Waals surface area contributed by atoms with Gasteiger partial charge in [0.1, 0.15) is 0 Å². The molecule has 2 aromatic rings. The molecule has 158 valence electrons. The molecule has 2 heterocycles. The second kappa shape index (κ2) is 9.36. The van der Waals surface area contributed by atoms with Crippen LogP contribution >= 0.6 is 0 Å². The van der Waals surface area contributed by atoms with Gasteiger partial charge in [-0.3, -0.25) is 4.90 Å². The predicted octanol–water partition coefficient (Wildman–Crippen LogP) is 4.81. The predicted molar refractivity (Wildman–Crippen MR) is 125 cm³/mol. The number of fused-ring (bicyclic) bond motifs is 1. The van der Waals surface area contributed by atoms with E-state index in [9.17, 15) is 0 Å². The molecule has 1 aliphatic carbocycles. The minimum absolute atomic E-state index is 0.850. The largest absolute Gasteiger partial charge is 0.378 e. The summed E-state index contributed by atoms with van der Waals surface area (Å²) in [5.41, 5.74) is 7.44. The average molecular weight is 403 g/mol. The summed E-state index contributed by atoms with van der Waals surface area (Å²) >= 11 is 0. The summed E-state index contributed by atoms with van der Waals surface area (Å²) in [5, 5.41) is 0. The van der Waals surface area contributed by atoms with E-state index in [1.807, 2.05) is 0 Å². The molecule has 30 heavy (non-hydrogen) atoms. The van der Waals surface area contributed by atoms with Crippen molar-refractivity contribution in [3.63, 3.8) is 0 Å². The number of benzene rings is 2. The van der Waals surface area contributed by atoms with Gasteiger partial charge in [0.25, 0.3) is 0 Å². The summed E-state index contributed by atoms with van der Waals surface area (Å²) in [7, 11) is 0. The third-order valence-corrected chi connectivity index (χ3v) is 7.08. The van der Waals surface area contributed by atoms with Gasteiger partial charge in [0.15, 0.2) is 0 Å². The van der Waals surface area contributed by atoms with Crippen molar-refractivity contribution in [2.45, 2.75) is 32.1 Å². The van der Waals surface area contributed by atoms with Crippen LogP contribution in [-0.2, 0) is 17.6 Å². The zero-order valence-corrected chi connectivity index (χ0v) is 18.1. The van der Waals surface area contributed by atoms with Crippen LogP contribution < -0.4 is 4.90 Å². The number of morpholine rings is 1. The van der Waals surface area contributed by atoms with Gasteiger partial charge in [0.2, 0.25) is 0 Å². The van der Waals surface area contributed by atoms with Gasteiger partial charge in [0.05, 0.1) is 13.2 Å². The Labute approximate surface area is 181 Å². The van der Waals surface area contributed by atoms with E-state index in [1.165, 1.54) is 67.6 Å². The fourth-order valence-corrected chi connectivity index (χ4v) is 5.26. The minimum Gasteiger partial charge on any atom is -0.378 e. The van der Waals surface area contributed by atoms with Crippen LogP contribution in [0.3, 0.4) is 0 Å². The van der Waals surface area contributed by atoms with Gasteiger partial charge < -0.3 is 9.64 Å². The van der Waals surface area contributed by atoms with Crippen LogP contribution in [-0.4, -0.2) is 50.8 Å². The maximum atomic E-state index is 5.50. The van der Waals surface area contributed by atoms with E-state index >= 15 is 0 Å². The molecule has 0 amide bonds. The number of likely N-dealkylation sites (tertiary alicyclic amines) is 1. The minimum atomic E-state index is 0.850. The molecule has 3 nitrogen and oxygen atoms in total. The van der Waals surface area contributed by atoms with E-state index in [0.717, 1.165) is 38.8 Å². The van der Waals surface area contributed by atoms with E-state index < -0.39 is 0 Å². The van der Waals surface area contributed by atoms with Crippen molar-refractivity contribution in [2.75, 3.05) is 50.8 Å². The molecule has 2 fully saturated rings. The summed E-state index contributed by atoms with van der Waals surface area (Å²) < 4.78 is 5.50. The zero-order valence-electron chi connectivity index (χ0n) is 18.1. The van der Waals surface area contributed by atoms with Crippen molar-refractivity contribution >= 4 is 11.8 Å². The van der Waals surface area contributed by atoms with E-state index in [4.69, 9.17) is 4.74 Å². The summed E-state index contributed by atoms with van der Waals surface area (Å²) in [6.07, 6.45) is 8.78. The number of nitrogens with zero attached hydrogens (tertiary/aromatic N) is 2. The molecule has 5 rings (SSSR count). The fourth-order valence-electron chi connectivity index (χ4n) is 5.26. The Bertz CT molecular complexity index is 862. The highest BCUT2D eigenvalue weighted by Gasteiger charge is 2.21. The first kappa shape index (κ1) is 19.8. The summed E-state index contributed by atoms with van der Waals surface area (Å²) in [6, 6.07) is 18.1. The lowest BCUT2D eigenvalue weighted by Crippen LogP contribution is -2.36. The van der Waals surface area contributed by atoms with E-state index in [-0.39, 0.29) is 0 Å². The van der Waals surface area contributed by atoms with Crippen LogP contribution in [0.25, 0.3) is 6.08 Å². The lowest BCUT2D eigenvalue weighted by atomic mass is 9.88. The molecule has 0 bridgehead atoms. The highest BCUT2D eigenvalue weighted by atomic mass is 16.5. The number of hydrogen-bond donors (Lipinski definition) is 0. The Kier molecular flexibility index (Phi) is 6.19. The van der Waals surface area contributed by atoms with Gasteiger partial charge in [-0.2, -0.15) is 0 Å². The van der Waals surface area contributed by atoms with Crippen LogP contribution in [0.15, 0.2) is 54.1 Å². The lowest BCUT2D eigenvalue weighted by Gasteiger charge is -2.33. The van der Waals surface area contributed by atoms with Crippen LogP contribution in [0.4, 0.5) is 5.69 Å². The molecule has 3 aliphatic rings. The number of aryl methyl sites for hydroxylation is 1. The van der Waals surface area contributed by atoms with Crippen molar-refractivity contribution in [1.29, 1.82) is 0 Å². The third-order valence-electron chi connectivity index (χ3n) is 7.08. The summed E-state index contributed by atoms with van der Waals surface area (Å²) in [6.45, 7) is 7.38. The SMILES string of the molecule is C1=C(CN2CCC(Cc3ccccc3)CC2)CCc2cc(N3CCOCC3)ccc21. The average Bonchev–Trinajstić information content (AvgIpc) is 2.81. The zero-order chi connectivity index (χ0) is 20.2. The van der Waals surface area contributed by atoms with Crippen LogP contribution in [0.5, 0.6) is 0 Å². The molecular weight excluding hydrogens is 368 g/mol. The van der Waals surface area contributed by atoms with Crippen LogP contribution in [0.2, 0.25) is 0 Å². The maximum absolute atomic E-state index is 5.50. The van der Waals surface area contributed by atoms with E-state index in [2.05, 4.69) is 64.4 Å². The third kappa shape index (κ3) is 4.79. The second-order valence-electron chi connectivity index (χ2n) is 9.19. The number of anilines is 1. The highest BCUT2D eigenvalue weighted by molar-refractivity contribution is 5.64. The molecule has 0 radical (unpaired) electrons. The highest BCUT2D eigenvalue weighted by Crippen LogP contribution is 2.30. The topological polar surface area (TPSA) is 15.7 Å². The first-order valence-electron chi connectivity index (χ1n) is 11.7. The number of hydrogen-bond acceptors (Lipinski definition) is 3. The second-order valence-corrected chi connectivity index (χ2v) is 9.19. The lowest BCUT2D eigenvalue weighted by molar-refractivity contribution is 0.122. The molecule has 0 N–H and O–H groups in total. The molecule has 2 aromatic carbocycles. The van der Waals surface area contributed by atoms with Gasteiger partial charge >= 0.3 is 0 Å². The first-order valence-corrected chi connectivity index (χ1v) is 11.7. The molecule has 0 unspecified atom stereocenters. The molecule has 2 aliphatic heterocycles. The number of piperidine rings is 1. The van der Waals surface area contributed by atoms with Gasteiger partial charge in [-0.1, -0.05) is 48.0 Å². The quantitative estimate of drug-likeness (QED) is 0.714. The van der Waals surface area contributed by atoms with Gasteiger partial charge in [-0.25, -0.2) is 0 Å². The van der Waals surface area contributed by atoms with E-state index in [0.29, 0.717) is 0 Å². The molecule has 2 saturated heterocycles. The molecule has 0 aromatic heterocycles. The fraction of sp³-hybridized carbons (Fsp3) is 0.481. The van der Waals surface area contributed by atoms with Gasteiger partial charge in [-0.05, 0) is 79.9 Å². The van der Waals surface area contributed by atoms with Crippen molar-refractivity contribution in [3.05, 3.63) is 70.8 Å². The van der Waals surface area contributed by atoms with Crippen molar-refractivity contribution < 1.29 is 4.74 Å². The Morgan fingerprint density at radius 2 is 1.67 bits per heavy atom. The number of rotatable bonds is 5. The Morgan fingerprint density at radius 3 is 2.47 bits per heavy atom. The molecule has 3 heteroatoms. The molecule has 0 saturated carbocycles. The Hall–Kier alpha value is -2.10. The first-order chi connectivity index (χ1) is 14.8. The summed E-state index contributed by atoms with van der Waals surface area (Å²) in [4.78, 5) is 5.14. The monoisotopic (exact) mass is 402 g/mol. The molecular formula is C27H34N2O. The van der Waals surface area contributed by atoms with Crippen molar-refractivity contribution in [1.82, 2.24) is 4.90 Å². The van der Waals surface area contributed by atoms with Crippen LogP contribution in [0, 0.1) is 5.92 Å². The van der Waals surface area contributed by atoms with Gasteiger partial charge in [-0.15, -0.1) is 0 Å². The number of ether oxygens (including phenoxy) is 1. The van der Waals surface area contributed by atoms with Crippen molar-refractivity contribution in [3.8, 4) is 0 Å². The van der Waals surface area contributed by atoms with Crippen molar-refractivity contribution in [2.24, 2.45) is 5.92 Å². The normalized spacial score (nSPS) is 20.7. The Morgan fingerprint density at radius 1 is 0.867 bits per heavy atom. The maximum Gasteiger partial charge on any atom is 0.0642 e. The summed E-state index contributed by atoms with van der Waals surface area (Å²) in [5.74, 6) is 0.850.